The zero-order chi connectivity index (χ0) is 17.4. The molecule has 0 N–H and O–H groups in total. The van der Waals surface area contributed by atoms with Crippen LogP contribution in [0.4, 0.5) is 14.5 Å². The second kappa shape index (κ2) is 5.52. The molecule has 0 aliphatic carbocycles. The van der Waals surface area contributed by atoms with Crippen LogP contribution in [0, 0.1) is 0 Å². The summed E-state index contributed by atoms with van der Waals surface area (Å²) < 4.78 is 60.9. The fourth-order valence-corrected chi connectivity index (χ4v) is 1.83. The van der Waals surface area contributed by atoms with Crippen molar-refractivity contribution in [2.75, 3.05) is 4.90 Å². The van der Waals surface area contributed by atoms with E-state index in [-0.39, 0.29) is 5.69 Å². The lowest BCUT2D eigenvalue weighted by atomic mass is 10.3. The van der Waals surface area contributed by atoms with Crippen LogP contribution < -0.4 is 9.64 Å². The van der Waals surface area contributed by atoms with E-state index in [1.54, 1.807) is 0 Å². The number of carbonyl (C=O) groups excluding carboxylic acids is 3. The Balaban J connectivity index is 2.17. The number of imide groups is 1. The van der Waals surface area contributed by atoms with Gasteiger partial charge in [0.15, 0.2) is 10.1 Å². The van der Waals surface area contributed by atoms with Gasteiger partial charge in [-0.3, -0.25) is 9.59 Å². The summed E-state index contributed by atoms with van der Waals surface area (Å²) in [6, 6.07) is 4.10. The van der Waals surface area contributed by atoms with Gasteiger partial charge in [-0.15, -0.1) is 0 Å². The van der Waals surface area contributed by atoms with Crippen molar-refractivity contribution < 1.29 is 40.9 Å². The number of amides is 2. The third kappa shape index (κ3) is 3.10. The number of hydrogen-bond acceptors (Lipinski definition) is 7. The molecule has 1 aromatic carbocycles. The van der Waals surface area contributed by atoms with E-state index in [0.717, 1.165) is 41.3 Å². The topological polar surface area (TPSA) is 121 Å². The predicted molar refractivity (Wildman–Crippen MR) is 68.4 cm³/mol. The molecule has 1 aliphatic rings. The highest BCUT2D eigenvalue weighted by atomic mass is 32.2. The van der Waals surface area contributed by atoms with Crippen LogP contribution in [0.15, 0.2) is 36.4 Å². The van der Waals surface area contributed by atoms with Crippen molar-refractivity contribution in [3.63, 3.8) is 0 Å². The van der Waals surface area contributed by atoms with Crippen LogP contribution in [0.5, 0.6) is 5.75 Å². The molecular formula is C12H6F2NO7S-. The van der Waals surface area contributed by atoms with Gasteiger partial charge in [-0.05, 0) is 24.3 Å². The average molecular weight is 346 g/mol. The SMILES string of the molecule is O=C1C=CC(=O)N1c1ccc(OC(=O)C(F)(F)S(=O)(=O)[O-])cc1. The maximum atomic E-state index is 13.0. The van der Waals surface area contributed by atoms with E-state index in [1.807, 2.05) is 0 Å². The molecule has 0 spiro atoms. The first kappa shape index (κ1) is 16.7. The minimum Gasteiger partial charge on any atom is -0.743 e. The Hall–Kier alpha value is -2.66. The van der Waals surface area contributed by atoms with Gasteiger partial charge in [0, 0.05) is 12.2 Å². The van der Waals surface area contributed by atoms with Crippen molar-refractivity contribution in [3.05, 3.63) is 36.4 Å². The number of halogens is 2. The Labute approximate surface area is 127 Å². The van der Waals surface area contributed by atoms with E-state index in [0.29, 0.717) is 0 Å². The molecule has 1 aromatic rings. The average Bonchev–Trinajstić information content (AvgIpc) is 2.78. The standard InChI is InChI=1S/C12H7F2NO7S/c13-12(14,23(19,20)21)11(18)22-8-3-1-7(2-4-8)15-9(16)5-6-10(15)17/h1-6H,(H,19,20,21)/p-1. The summed E-state index contributed by atoms with van der Waals surface area (Å²) in [5, 5.41) is -5.24. The Morgan fingerprint density at radius 3 is 2.00 bits per heavy atom. The largest absolute Gasteiger partial charge is 0.743 e. The third-order valence-corrected chi connectivity index (χ3v) is 3.46. The molecule has 122 valence electrons. The minimum absolute atomic E-state index is 0.0769. The Morgan fingerprint density at radius 2 is 1.57 bits per heavy atom. The van der Waals surface area contributed by atoms with Gasteiger partial charge in [0.25, 0.3) is 11.8 Å². The van der Waals surface area contributed by atoms with Crippen LogP contribution >= 0.6 is 0 Å². The number of carbonyl (C=O) groups is 3. The van der Waals surface area contributed by atoms with Crippen LogP contribution in [0.2, 0.25) is 0 Å². The number of rotatable bonds is 4. The van der Waals surface area contributed by atoms with Crippen molar-refractivity contribution in [2.45, 2.75) is 5.25 Å². The van der Waals surface area contributed by atoms with E-state index >= 15 is 0 Å². The Bertz CT molecular complexity index is 796. The fraction of sp³-hybridized carbons (Fsp3) is 0.0833. The van der Waals surface area contributed by atoms with Gasteiger partial charge in [0.2, 0.25) is 0 Å². The molecule has 0 atom stereocenters. The maximum absolute atomic E-state index is 13.0. The van der Waals surface area contributed by atoms with E-state index in [2.05, 4.69) is 4.74 Å². The van der Waals surface area contributed by atoms with Gasteiger partial charge in [0.1, 0.15) is 5.75 Å². The van der Waals surface area contributed by atoms with Gasteiger partial charge in [-0.2, -0.15) is 8.78 Å². The first-order valence-electron chi connectivity index (χ1n) is 5.76. The number of anilines is 1. The normalized spacial score (nSPS) is 15.2. The summed E-state index contributed by atoms with van der Waals surface area (Å²) in [7, 11) is -6.22. The highest BCUT2D eigenvalue weighted by Crippen LogP contribution is 2.26. The molecule has 0 aromatic heterocycles. The molecule has 8 nitrogen and oxygen atoms in total. The first-order chi connectivity index (χ1) is 10.5. The summed E-state index contributed by atoms with van der Waals surface area (Å²) in [5.41, 5.74) is 0.0769. The number of esters is 1. The van der Waals surface area contributed by atoms with Gasteiger partial charge in [-0.1, -0.05) is 0 Å². The quantitative estimate of drug-likeness (QED) is 0.329. The predicted octanol–water partition coefficient (Wildman–Crippen LogP) is 0.159. The monoisotopic (exact) mass is 346 g/mol. The summed E-state index contributed by atoms with van der Waals surface area (Å²) in [6.45, 7) is 0. The number of benzene rings is 1. The molecule has 0 saturated carbocycles. The third-order valence-electron chi connectivity index (χ3n) is 2.67. The van der Waals surface area contributed by atoms with E-state index in [4.69, 9.17) is 0 Å². The van der Waals surface area contributed by atoms with Gasteiger partial charge in [-0.25, -0.2) is 18.1 Å². The fourth-order valence-electron chi connectivity index (χ4n) is 1.59. The first-order valence-corrected chi connectivity index (χ1v) is 7.16. The zero-order valence-corrected chi connectivity index (χ0v) is 11.7. The summed E-state index contributed by atoms with van der Waals surface area (Å²) in [6.07, 6.45) is 2.05. The van der Waals surface area contributed by atoms with Crippen LogP contribution in [0.3, 0.4) is 0 Å². The van der Waals surface area contributed by atoms with E-state index in [1.165, 1.54) is 0 Å². The molecule has 2 rings (SSSR count). The minimum atomic E-state index is -6.22. The summed E-state index contributed by atoms with van der Waals surface area (Å²) in [5.74, 6) is -4.31. The molecule has 0 unspecified atom stereocenters. The highest BCUT2D eigenvalue weighted by Gasteiger charge is 2.48. The number of ether oxygens (including phenoxy) is 1. The van der Waals surface area contributed by atoms with Crippen LogP contribution in [-0.4, -0.2) is 36.0 Å². The van der Waals surface area contributed by atoms with Crippen molar-refractivity contribution >= 4 is 33.6 Å². The van der Waals surface area contributed by atoms with Gasteiger partial charge >= 0.3 is 11.2 Å². The molecule has 0 saturated heterocycles. The zero-order valence-electron chi connectivity index (χ0n) is 10.9. The lowest BCUT2D eigenvalue weighted by Gasteiger charge is -2.18. The second-order valence-corrected chi connectivity index (χ2v) is 5.62. The molecule has 11 heteroatoms. The van der Waals surface area contributed by atoms with Gasteiger partial charge < -0.3 is 9.29 Å². The second-order valence-electron chi connectivity index (χ2n) is 4.20. The number of hydrogen-bond donors (Lipinski definition) is 0. The molecule has 0 radical (unpaired) electrons. The molecule has 1 aliphatic heterocycles. The van der Waals surface area contributed by atoms with Crippen LogP contribution in [0.25, 0.3) is 0 Å². The van der Waals surface area contributed by atoms with Crippen molar-refractivity contribution in [1.29, 1.82) is 0 Å². The smallest absolute Gasteiger partial charge is 0.429 e. The lowest BCUT2D eigenvalue weighted by Crippen LogP contribution is -2.40. The van der Waals surface area contributed by atoms with E-state index in [9.17, 15) is 36.1 Å². The molecule has 0 bridgehead atoms. The summed E-state index contributed by atoms with van der Waals surface area (Å²) in [4.78, 5) is 34.7. The van der Waals surface area contributed by atoms with Crippen molar-refractivity contribution in [3.8, 4) is 5.75 Å². The van der Waals surface area contributed by atoms with Crippen molar-refractivity contribution in [2.24, 2.45) is 0 Å². The molecule has 2 amide bonds. The van der Waals surface area contributed by atoms with Gasteiger partial charge in [0.05, 0.1) is 5.69 Å². The maximum Gasteiger partial charge on any atom is 0.429 e. The van der Waals surface area contributed by atoms with Crippen molar-refractivity contribution in [1.82, 2.24) is 0 Å². The van der Waals surface area contributed by atoms with Crippen LogP contribution in [-0.2, 0) is 24.5 Å². The number of alkyl halides is 2. The molecule has 1 heterocycles. The van der Waals surface area contributed by atoms with Crippen LogP contribution in [0.1, 0.15) is 0 Å². The molecule has 0 fully saturated rings. The molecule has 23 heavy (non-hydrogen) atoms. The molecular weight excluding hydrogens is 340 g/mol. The Kier molecular flexibility index (Phi) is 4.01. The summed E-state index contributed by atoms with van der Waals surface area (Å²) >= 11 is 0. The lowest BCUT2D eigenvalue weighted by molar-refractivity contribution is -0.151. The Morgan fingerprint density at radius 1 is 1.09 bits per heavy atom. The number of nitrogens with zero attached hydrogens (tertiary/aromatic N) is 1. The van der Waals surface area contributed by atoms with E-state index < -0.39 is 38.9 Å². The highest BCUT2D eigenvalue weighted by molar-refractivity contribution is 7.87.